The Hall–Kier alpha value is -1.71. The first-order chi connectivity index (χ1) is 8.51. The van der Waals surface area contributed by atoms with Gasteiger partial charge in [-0.15, -0.1) is 0 Å². The highest BCUT2D eigenvalue weighted by Crippen LogP contribution is 2.25. The van der Waals surface area contributed by atoms with Crippen LogP contribution in [-0.2, 0) is 0 Å². The third-order valence-electron chi connectivity index (χ3n) is 2.90. The summed E-state index contributed by atoms with van der Waals surface area (Å²) in [6, 6.07) is 5.86. The number of benzene rings is 1. The van der Waals surface area contributed by atoms with Gasteiger partial charge >= 0.3 is 0 Å². The maximum absolute atomic E-state index is 11.7. The van der Waals surface area contributed by atoms with E-state index in [9.17, 15) is 4.79 Å². The Balaban J connectivity index is 3.02. The molecule has 0 radical (unpaired) electrons. The molecule has 100 valence electrons. The summed E-state index contributed by atoms with van der Waals surface area (Å²) in [6.07, 6.45) is 0. The zero-order valence-electron chi connectivity index (χ0n) is 11.7. The third kappa shape index (κ3) is 3.15. The lowest BCUT2D eigenvalue weighted by Gasteiger charge is -2.28. The monoisotopic (exact) mass is 249 g/mol. The quantitative estimate of drug-likeness (QED) is 0.787. The van der Waals surface area contributed by atoms with Crippen LogP contribution in [-0.4, -0.2) is 25.0 Å². The first-order valence-electron chi connectivity index (χ1n) is 6.45. The van der Waals surface area contributed by atoms with Crippen LogP contribution in [0.3, 0.4) is 0 Å². The molecule has 0 saturated carbocycles. The fourth-order valence-corrected chi connectivity index (χ4v) is 2.03. The van der Waals surface area contributed by atoms with Gasteiger partial charge in [-0.05, 0) is 45.9 Å². The molecule has 0 bridgehead atoms. The van der Waals surface area contributed by atoms with Gasteiger partial charge in [-0.2, -0.15) is 0 Å². The molecule has 0 fully saturated rings. The number of hydrogen-bond donors (Lipinski definition) is 2. The molecular formula is C14H23N3O. The van der Waals surface area contributed by atoms with Crippen LogP contribution in [0.15, 0.2) is 18.2 Å². The van der Waals surface area contributed by atoms with E-state index in [0.29, 0.717) is 23.8 Å². The van der Waals surface area contributed by atoms with Crippen LogP contribution in [0.25, 0.3) is 0 Å². The van der Waals surface area contributed by atoms with Gasteiger partial charge in [0, 0.05) is 24.7 Å². The molecule has 0 aliphatic rings. The Morgan fingerprint density at radius 3 is 2.50 bits per heavy atom. The standard InChI is InChI=1S/C14H23N3O/c1-5-16-14(18)11-7-8-13(12(15)9-11)17(6-2)10(3)4/h7-10H,5-6,15H2,1-4H3,(H,16,18). The van der Waals surface area contributed by atoms with E-state index < -0.39 is 0 Å². The highest BCUT2D eigenvalue weighted by molar-refractivity contribution is 5.96. The maximum Gasteiger partial charge on any atom is 0.251 e. The molecule has 3 N–H and O–H groups in total. The Morgan fingerprint density at radius 1 is 1.39 bits per heavy atom. The van der Waals surface area contributed by atoms with E-state index in [1.54, 1.807) is 6.07 Å². The second kappa shape index (κ2) is 6.28. The van der Waals surface area contributed by atoms with Crippen LogP contribution in [0.1, 0.15) is 38.1 Å². The second-order valence-electron chi connectivity index (χ2n) is 4.51. The van der Waals surface area contributed by atoms with E-state index in [2.05, 4.69) is 31.0 Å². The van der Waals surface area contributed by atoms with Gasteiger partial charge in [0.25, 0.3) is 5.91 Å². The minimum atomic E-state index is -0.0802. The van der Waals surface area contributed by atoms with Gasteiger partial charge in [0.1, 0.15) is 0 Å². The lowest BCUT2D eigenvalue weighted by atomic mass is 10.1. The fourth-order valence-electron chi connectivity index (χ4n) is 2.03. The molecular weight excluding hydrogens is 226 g/mol. The predicted octanol–water partition coefficient (Wildman–Crippen LogP) is 2.25. The van der Waals surface area contributed by atoms with Crippen LogP contribution in [0.4, 0.5) is 11.4 Å². The third-order valence-corrected chi connectivity index (χ3v) is 2.90. The van der Waals surface area contributed by atoms with Gasteiger partial charge in [-0.25, -0.2) is 0 Å². The number of carbonyl (C=O) groups excluding carboxylic acids is 1. The van der Waals surface area contributed by atoms with Crippen LogP contribution in [0, 0.1) is 0 Å². The predicted molar refractivity (Wildman–Crippen MR) is 77.0 cm³/mol. The Kier molecular flexibility index (Phi) is 5.01. The molecule has 1 amide bonds. The van der Waals surface area contributed by atoms with Gasteiger partial charge in [0.2, 0.25) is 0 Å². The molecule has 4 heteroatoms. The molecule has 0 atom stereocenters. The van der Waals surface area contributed by atoms with Crippen LogP contribution in [0.5, 0.6) is 0 Å². The number of anilines is 2. The second-order valence-corrected chi connectivity index (χ2v) is 4.51. The average Bonchev–Trinajstić information content (AvgIpc) is 2.31. The summed E-state index contributed by atoms with van der Waals surface area (Å²) in [5.41, 5.74) is 8.29. The summed E-state index contributed by atoms with van der Waals surface area (Å²) in [7, 11) is 0. The van der Waals surface area contributed by atoms with Crippen molar-refractivity contribution < 1.29 is 4.79 Å². The van der Waals surface area contributed by atoms with Crippen molar-refractivity contribution in [3.63, 3.8) is 0 Å². The van der Waals surface area contributed by atoms with Crippen molar-refractivity contribution >= 4 is 17.3 Å². The average molecular weight is 249 g/mol. The van der Waals surface area contributed by atoms with E-state index in [4.69, 9.17) is 5.73 Å². The van der Waals surface area contributed by atoms with E-state index >= 15 is 0 Å². The SMILES string of the molecule is CCNC(=O)c1ccc(N(CC)C(C)C)c(N)c1. The molecule has 1 rings (SSSR count). The van der Waals surface area contributed by atoms with E-state index in [1.165, 1.54) is 0 Å². The van der Waals surface area contributed by atoms with Crippen molar-refractivity contribution in [1.29, 1.82) is 0 Å². The first kappa shape index (κ1) is 14.4. The fraction of sp³-hybridized carbons (Fsp3) is 0.500. The first-order valence-corrected chi connectivity index (χ1v) is 6.45. The van der Waals surface area contributed by atoms with E-state index in [-0.39, 0.29) is 5.91 Å². The number of nitrogens with zero attached hydrogens (tertiary/aromatic N) is 1. The molecule has 0 aliphatic carbocycles. The van der Waals surface area contributed by atoms with Crippen molar-refractivity contribution in [2.45, 2.75) is 33.7 Å². The highest BCUT2D eigenvalue weighted by Gasteiger charge is 2.13. The summed E-state index contributed by atoms with van der Waals surface area (Å²) in [5, 5.41) is 2.77. The number of nitrogen functional groups attached to an aromatic ring is 1. The summed E-state index contributed by atoms with van der Waals surface area (Å²) < 4.78 is 0. The number of nitrogens with one attached hydrogen (secondary N) is 1. The van der Waals surface area contributed by atoms with Gasteiger partial charge in [0.15, 0.2) is 0 Å². The van der Waals surface area contributed by atoms with Gasteiger partial charge in [-0.3, -0.25) is 4.79 Å². The number of carbonyl (C=O) groups is 1. The van der Waals surface area contributed by atoms with E-state index in [1.807, 2.05) is 19.1 Å². The van der Waals surface area contributed by atoms with Crippen molar-refractivity contribution in [1.82, 2.24) is 5.32 Å². The molecule has 4 nitrogen and oxygen atoms in total. The highest BCUT2D eigenvalue weighted by atomic mass is 16.1. The van der Waals surface area contributed by atoms with Crippen LogP contribution < -0.4 is 16.0 Å². The lowest BCUT2D eigenvalue weighted by Crippen LogP contribution is -2.31. The smallest absolute Gasteiger partial charge is 0.251 e. The number of hydrogen-bond acceptors (Lipinski definition) is 3. The molecule has 18 heavy (non-hydrogen) atoms. The summed E-state index contributed by atoms with van der Waals surface area (Å²) in [6.45, 7) is 9.75. The normalized spacial score (nSPS) is 10.5. The minimum absolute atomic E-state index is 0.0802. The molecule has 0 unspecified atom stereocenters. The minimum Gasteiger partial charge on any atom is -0.397 e. The van der Waals surface area contributed by atoms with Crippen LogP contribution in [0.2, 0.25) is 0 Å². The van der Waals surface area contributed by atoms with Gasteiger partial charge in [-0.1, -0.05) is 0 Å². The number of rotatable bonds is 5. The summed E-state index contributed by atoms with van der Waals surface area (Å²) in [4.78, 5) is 13.9. The van der Waals surface area contributed by atoms with Crippen LogP contribution >= 0.6 is 0 Å². The summed E-state index contributed by atoms with van der Waals surface area (Å²) >= 11 is 0. The van der Waals surface area contributed by atoms with E-state index in [0.717, 1.165) is 12.2 Å². The molecule has 0 spiro atoms. The van der Waals surface area contributed by atoms with Gasteiger partial charge < -0.3 is 16.0 Å². The largest absolute Gasteiger partial charge is 0.397 e. The van der Waals surface area contributed by atoms with Crippen molar-refractivity contribution in [3.8, 4) is 0 Å². The zero-order valence-corrected chi connectivity index (χ0v) is 11.7. The molecule has 0 aliphatic heterocycles. The molecule has 0 aromatic heterocycles. The lowest BCUT2D eigenvalue weighted by molar-refractivity contribution is 0.0956. The van der Waals surface area contributed by atoms with Crippen molar-refractivity contribution in [2.75, 3.05) is 23.7 Å². The zero-order chi connectivity index (χ0) is 13.7. The molecule has 1 aromatic rings. The number of nitrogens with two attached hydrogens (primary N) is 1. The molecule has 0 saturated heterocycles. The maximum atomic E-state index is 11.7. The number of amides is 1. The van der Waals surface area contributed by atoms with Crippen molar-refractivity contribution in [2.24, 2.45) is 0 Å². The molecule has 0 heterocycles. The Bertz CT molecular complexity index is 416. The Morgan fingerprint density at radius 2 is 2.06 bits per heavy atom. The summed E-state index contributed by atoms with van der Waals surface area (Å²) in [5.74, 6) is -0.0802. The molecule has 1 aromatic carbocycles. The van der Waals surface area contributed by atoms with Crippen molar-refractivity contribution in [3.05, 3.63) is 23.8 Å². The van der Waals surface area contributed by atoms with Gasteiger partial charge in [0.05, 0.1) is 11.4 Å². The topological polar surface area (TPSA) is 58.4 Å². The Labute approximate surface area is 109 Å².